The highest BCUT2D eigenvalue weighted by Crippen LogP contribution is 2.19. The quantitative estimate of drug-likeness (QED) is 0.803. The van der Waals surface area contributed by atoms with E-state index in [1.807, 2.05) is 0 Å². The molecule has 1 aromatic carbocycles. The van der Waals surface area contributed by atoms with Gasteiger partial charge in [-0.05, 0) is 12.1 Å². The maximum absolute atomic E-state index is 12.1. The second kappa shape index (κ2) is 4.87. The molecule has 0 bridgehead atoms. The summed E-state index contributed by atoms with van der Waals surface area (Å²) >= 11 is 0. The SMILES string of the molecule is CN(C(=O)C1=NNC(=O)CC1)c1cccc(O)c1. The van der Waals surface area contributed by atoms with E-state index in [9.17, 15) is 14.7 Å². The number of aromatic hydroxyl groups is 1. The molecule has 6 heteroatoms. The molecule has 0 fully saturated rings. The van der Waals surface area contributed by atoms with Crippen LogP contribution in [0.15, 0.2) is 29.4 Å². The second-order valence-electron chi connectivity index (χ2n) is 3.98. The first-order chi connectivity index (χ1) is 8.58. The van der Waals surface area contributed by atoms with E-state index in [4.69, 9.17) is 0 Å². The molecule has 0 unspecified atom stereocenters. The summed E-state index contributed by atoms with van der Waals surface area (Å²) in [5.74, 6) is -0.391. The minimum absolute atomic E-state index is 0.0889. The van der Waals surface area contributed by atoms with Crippen LogP contribution in [0.25, 0.3) is 0 Å². The number of phenols is 1. The smallest absolute Gasteiger partial charge is 0.274 e. The van der Waals surface area contributed by atoms with Gasteiger partial charge >= 0.3 is 0 Å². The van der Waals surface area contributed by atoms with Gasteiger partial charge in [0.2, 0.25) is 5.91 Å². The van der Waals surface area contributed by atoms with Crippen molar-refractivity contribution in [1.29, 1.82) is 0 Å². The number of amides is 2. The van der Waals surface area contributed by atoms with Crippen LogP contribution in [-0.4, -0.2) is 29.7 Å². The molecule has 0 spiro atoms. The van der Waals surface area contributed by atoms with E-state index in [1.54, 1.807) is 19.2 Å². The maximum Gasteiger partial charge on any atom is 0.274 e. The predicted molar refractivity (Wildman–Crippen MR) is 66.3 cm³/mol. The fourth-order valence-electron chi connectivity index (χ4n) is 1.64. The van der Waals surface area contributed by atoms with Crippen LogP contribution in [0.5, 0.6) is 5.75 Å². The van der Waals surface area contributed by atoms with Crippen LogP contribution in [-0.2, 0) is 9.59 Å². The van der Waals surface area contributed by atoms with E-state index in [2.05, 4.69) is 10.5 Å². The van der Waals surface area contributed by atoms with Crippen molar-refractivity contribution >= 4 is 23.2 Å². The van der Waals surface area contributed by atoms with Crippen molar-refractivity contribution in [1.82, 2.24) is 5.43 Å². The third-order valence-electron chi connectivity index (χ3n) is 2.67. The molecule has 2 amide bonds. The number of phenolic OH excluding ortho intramolecular Hbond substituents is 1. The lowest BCUT2D eigenvalue weighted by Gasteiger charge is -2.20. The summed E-state index contributed by atoms with van der Waals surface area (Å²) in [7, 11) is 1.59. The Kier molecular flexibility index (Phi) is 3.27. The van der Waals surface area contributed by atoms with Gasteiger partial charge in [-0.15, -0.1) is 0 Å². The standard InChI is InChI=1S/C12H13N3O3/c1-15(8-3-2-4-9(16)7-8)12(18)10-5-6-11(17)14-13-10/h2-4,7,16H,5-6H2,1H3,(H,14,17). The molecule has 6 nitrogen and oxygen atoms in total. The fourth-order valence-corrected chi connectivity index (χ4v) is 1.64. The van der Waals surface area contributed by atoms with E-state index in [0.29, 0.717) is 17.8 Å². The largest absolute Gasteiger partial charge is 0.508 e. The summed E-state index contributed by atoms with van der Waals surface area (Å²) in [6, 6.07) is 6.37. The predicted octanol–water partition coefficient (Wildman–Crippen LogP) is 0.621. The summed E-state index contributed by atoms with van der Waals surface area (Å²) < 4.78 is 0. The number of hydrazone groups is 1. The molecule has 1 aliphatic heterocycles. The first-order valence-electron chi connectivity index (χ1n) is 5.50. The van der Waals surface area contributed by atoms with Crippen molar-refractivity contribution in [3.8, 4) is 5.75 Å². The fraction of sp³-hybridized carbons (Fsp3) is 0.250. The minimum atomic E-state index is -0.291. The van der Waals surface area contributed by atoms with Crippen molar-refractivity contribution in [3.63, 3.8) is 0 Å². The maximum atomic E-state index is 12.1. The molecule has 0 saturated heterocycles. The lowest BCUT2D eigenvalue weighted by atomic mass is 10.1. The molecular weight excluding hydrogens is 234 g/mol. The van der Waals surface area contributed by atoms with E-state index >= 15 is 0 Å². The number of nitrogens with one attached hydrogen (secondary N) is 1. The topological polar surface area (TPSA) is 82.0 Å². The third-order valence-corrected chi connectivity index (χ3v) is 2.67. The van der Waals surface area contributed by atoms with E-state index in [1.165, 1.54) is 17.0 Å². The van der Waals surface area contributed by atoms with Crippen LogP contribution < -0.4 is 10.3 Å². The van der Waals surface area contributed by atoms with Crippen LogP contribution >= 0.6 is 0 Å². The van der Waals surface area contributed by atoms with Gasteiger partial charge in [-0.3, -0.25) is 9.59 Å². The molecule has 2 N–H and O–H groups in total. The van der Waals surface area contributed by atoms with Gasteiger partial charge in [0.15, 0.2) is 0 Å². The van der Waals surface area contributed by atoms with E-state index in [-0.39, 0.29) is 24.0 Å². The number of hydrogen-bond donors (Lipinski definition) is 2. The summed E-state index contributed by atoms with van der Waals surface area (Å²) in [6.45, 7) is 0. The van der Waals surface area contributed by atoms with Crippen LogP contribution in [0, 0.1) is 0 Å². The molecule has 1 aliphatic rings. The highest BCUT2D eigenvalue weighted by atomic mass is 16.3. The number of carbonyl (C=O) groups is 2. The molecule has 0 radical (unpaired) electrons. The van der Waals surface area contributed by atoms with Gasteiger partial charge in [-0.1, -0.05) is 6.07 Å². The Hall–Kier alpha value is -2.37. The summed E-state index contributed by atoms with van der Waals surface area (Å²) in [4.78, 5) is 24.4. The highest BCUT2D eigenvalue weighted by molar-refractivity contribution is 6.44. The Labute approximate surface area is 104 Å². The van der Waals surface area contributed by atoms with Crippen LogP contribution in [0.1, 0.15) is 12.8 Å². The average molecular weight is 247 g/mol. The van der Waals surface area contributed by atoms with Crippen LogP contribution in [0.3, 0.4) is 0 Å². The van der Waals surface area contributed by atoms with Gasteiger partial charge in [0.25, 0.3) is 5.91 Å². The second-order valence-corrected chi connectivity index (χ2v) is 3.98. The number of nitrogens with zero attached hydrogens (tertiary/aromatic N) is 2. The molecular formula is C12H13N3O3. The van der Waals surface area contributed by atoms with Crippen molar-refractivity contribution < 1.29 is 14.7 Å². The molecule has 0 aromatic heterocycles. The molecule has 0 atom stereocenters. The van der Waals surface area contributed by atoms with Gasteiger partial charge in [0.1, 0.15) is 11.5 Å². The van der Waals surface area contributed by atoms with Crippen molar-refractivity contribution in [2.24, 2.45) is 5.10 Å². The normalized spacial score (nSPS) is 14.7. The zero-order valence-electron chi connectivity index (χ0n) is 9.88. The van der Waals surface area contributed by atoms with Gasteiger partial charge < -0.3 is 10.0 Å². The van der Waals surface area contributed by atoms with Crippen molar-refractivity contribution in [3.05, 3.63) is 24.3 Å². The first-order valence-corrected chi connectivity index (χ1v) is 5.50. The van der Waals surface area contributed by atoms with Gasteiger partial charge in [0, 0.05) is 31.6 Å². The Balaban J connectivity index is 2.16. The van der Waals surface area contributed by atoms with Crippen LogP contribution in [0.2, 0.25) is 0 Å². The van der Waals surface area contributed by atoms with Crippen molar-refractivity contribution in [2.45, 2.75) is 12.8 Å². The molecule has 1 heterocycles. The van der Waals surface area contributed by atoms with E-state index < -0.39 is 0 Å². The molecule has 94 valence electrons. The minimum Gasteiger partial charge on any atom is -0.508 e. The Morgan fingerprint density at radius 3 is 2.83 bits per heavy atom. The molecule has 0 saturated carbocycles. The number of rotatable bonds is 2. The number of carbonyl (C=O) groups excluding carboxylic acids is 2. The summed E-state index contributed by atoms with van der Waals surface area (Å²) in [5, 5.41) is 13.1. The number of hydrogen-bond acceptors (Lipinski definition) is 4. The molecule has 0 aliphatic carbocycles. The van der Waals surface area contributed by atoms with Gasteiger partial charge in [0.05, 0.1) is 0 Å². The summed E-state index contributed by atoms with van der Waals surface area (Å²) in [6.07, 6.45) is 0.590. The first kappa shape index (κ1) is 12.1. The molecule has 18 heavy (non-hydrogen) atoms. The zero-order chi connectivity index (χ0) is 13.1. The van der Waals surface area contributed by atoms with Gasteiger partial charge in [-0.2, -0.15) is 5.10 Å². The lowest BCUT2D eigenvalue weighted by Crippen LogP contribution is -2.38. The molecule has 1 aromatic rings. The Bertz CT molecular complexity index is 525. The third kappa shape index (κ3) is 2.48. The van der Waals surface area contributed by atoms with E-state index in [0.717, 1.165) is 0 Å². The Morgan fingerprint density at radius 1 is 1.44 bits per heavy atom. The summed E-state index contributed by atoms with van der Waals surface area (Å²) in [5.41, 5.74) is 3.16. The highest BCUT2D eigenvalue weighted by Gasteiger charge is 2.22. The van der Waals surface area contributed by atoms with Crippen molar-refractivity contribution in [2.75, 3.05) is 11.9 Å². The monoisotopic (exact) mass is 247 g/mol. The number of anilines is 1. The van der Waals surface area contributed by atoms with Gasteiger partial charge in [-0.25, -0.2) is 5.43 Å². The lowest BCUT2D eigenvalue weighted by molar-refractivity contribution is -0.121. The average Bonchev–Trinajstić information content (AvgIpc) is 2.38. The van der Waals surface area contributed by atoms with Crippen LogP contribution in [0.4, 0.5) is 5.69 Å². The zero-order valence-corrected chi connectivity index (χ0v) is 9.88. The number of benzene rings is 1. The Morgan fingerprint density at radius 2 is 2.22 bits per heavy atom. The molecule has 2 rings (SSSR count).